The fraction of sp³-hybridized carbons (Fsp3) is 0.308. The number of nitriles is 1. The molecule has 2 atom stereocenters. The minimum absolute atomic E-state index is 0.0118. The van der Waals surface area contributed by atoms with Crippen LogP contribution in [0.5, 0.6) is 11.5 Å². The summed E-state index contributed by atoms with van der Waals surface area (Å²) < 4.78 is 55.9. The van der Waals surface area contributed by atoms with Crippen molar-refractivity contribution < 1.29 is 22.3 Å². The molecule has 0 aliphatic heterocycles. The van der Waals surface area contributed by atoms with Crippen molar-refractivity contribution in [2.75, 3.05) is 14.2 Å². The lowest BCUT2D eigenvalue weighted by atomic mass is 10.0. The summed E-state index contributed by atoms with van der Waals surface area (Å²) in [6.45, 7) is 4.20. The third kappa shape index (κ3) is 5.28. The molecule has 0 fully saturated rings. The number of methoxy groups -OCH3 is 2. The maximum atomic E-state index is 15.9. The molecule has 39 heavy (non-hydrogen) atoms. The minimum atomic E-state index is -4.22. The molecule has 0 amide bonds. The van der Waals surface area contributed by atoms with Gasteiger partial charge in [0.2, 0.25) is 0 Å². The van der Waals surface area contributed by atoms with Crippen LogP contribution >= 0.6 is 0 Å². The van der Waals surface area contributed by atoms with Crippen LogP contribution < -0.4 is 9.47 Å². The SMILES string of the molecule is COc1cccc(OC)c1-n1c(CS(=O)(=O)[C@H](C)[C@](C)(F)c2ncc(C#N)cn2)nnc1-c1cncc(C)c1. The molecule has 0 aliphatic rings. The molecule has 1 aromatic carbocycles. The zero-order chi connectivity index (χ0) is 28.4. The summed E-state index contributed by atoms with van der Waals surface area (Å²) in [6.07, 6.45) is 5.55. The Balaban J connectivity index is 1.85. The lowest BCUT2D eigenvalue weighted by Crippen LogP contribution is -2.39. The molecule has 0 saturated heterocycles. The smallest absolute Gasteiger partial charge is 0.183 e. The van der Waals surface area contributed by atoms with Gasteiger partial charge in [0.1, 0.15) is 34.3 Å². The van der Waals surface area contributed by atoms with Crippen LogP contribution in [0.1, 0.15) is 36.6 Å². The third-order valence-electron chi connectivity index (χ3n) is 6.34. The molecule has 0 radical (unpaired) electrons. The molecule has 13 heteroatoms. The number of halogens is 1. The number of benzene rings is 1. The first-order valence-corrected chi connectivity index (χ1v) is 13.5. The van der Waals surface area contributed by atoms with E-state index in [2.05, 4.69) is 25.1 Å². The van der Waals surface area contributed by atoms with E-state index in [-0.39, 0.29) is 17.2 Å². The molecule has 4 rings (SSSR count). The van der Waals surface area contributed by atoms with Crippen LogP contribution in [-0.4, -0.2) is 57.6 Å². The summed E-state index contributed by atoms with van der Waals surface area (Å²) in [5.74, 6) is 0.0465. The number of sulfone groups is 1. The lowest BCUT2D eigenvalue weighted by Gasteiger charge is -2.26. The van der Waals surface area contributed by atoms with Gasteiger partial charge in [0.05, 0.1) is 19.8 Å². The van der Waals surface area contributed by atoms with Crippen LogP contribution in [0.25, 0.3) is 17.1 Å². The molecule has 0 bridgehead atoms. The first-order valence-electron chi connectivity index (χ1n) is 11.7. The summed E-state index contributed by atoms with van der Waals surface area (Å²) in [6, 6.07) is 8.79. The summed E-state index contributed by atoms with van der Waals surface area (Å²) in [4.78, 5) is 12.0. The summed E-state index contributed by atoms with van der Waals surface area (Å²) in [5, 5.41) is 15.9. The Hall–Kier alpha value is -4.44. The highest BCUT2D eigenvalue weighted by atomic mass is 32.2. The standard InChI is InChI=1S/C26H26FN7O4S/c1-16-9-19(14-29-11-16)24-33-32-22(34(24)23-20(37-4)7-6-8-21(23)38-5)15-39(35,36)17(2)26(3,27)25-30-12-18(10-28)13-31-25/h6-9,11-14,17H,15H2,1-5H3/t17-,26+/m1/s1. The monoisotopic (exact) mass is 551 g/mol. The summed E-state index contributed by atoms with van der Waals surface area (Å²) in [7, 11) is -1.28. The van der Waals surface area contributed by atoms with E-state index in [0.29, 0.717) is 28.6 Å². The van der Waals surface area contributed by atoms with Crippen LogP contribution in [0.3, 0.4) is 0 Å². The molecule has 3 heterocycles. The largest absolute Gasteiger partial charge is 0.494 e. The topological polar surface area (TPSA) is 146 Å². The average Bonchev–Trinajstić information content (AvgIpc) is 3.34. The van der Waals surface area contributed by atoms with Crippen molar-refractivity contribution >= 4 is 9.84 Å². The number of aryl methyl sites for hydroxylation is 1. The number of para-hydroxylation sites is 1. The molecule has 4 aromatic rings. The normalized spacial score (nSPS) is 13.8. The Morgan fingerprint density at radius 2 is 1.74 bits per heavy atom. The van der Waals surface area contributed by atoms with Crippen LogP contribution in [0.4, 0.5) is 4.39 Å². The number of ether oxygens (including phenoxy) is 2. The van der Waals surface area contributed by atoms with Crippen LogP contribution in [-0.2, 0) is 21.3 Å². The fourth-order valence-electron chi connectivity index (χ4n) is 4.02. The molecular formula is C26H26FN7O4S. The number of hydrogen-bond donors (Lipinski definition) is 0. The zero-order valence-electron chi connectivity index (χ0n) is 22.0. The van der Waals surface area contributed by atoms with Crippen LogP contribution in [0.2, 0.25) is 0 Å². The molecule has 202 valence electrons. The Morgan fingerprint density at radius 3 is 2.31 bits per heavy atom. The third-order valence-corrected chi connectivity index (χ3v) is 8.52. The van der Waals surface area contributed by atoms with Crippen molar-refractivity contribution in [2.45, 2.75) is 37.4 Å². The molecule has 3 aromatic heterocycles. The van der Waals surface area contributed by atoms with Crippen molar-refractivity contribution in [1.29, 1.82) is 5.26 Å². The first-order chi connectivity index (χ1) is 18.5. The lowest BCUT2D eigenvalue weighted by molar-refractivity contribution is 0.174. The van der Waals surface area contributed by atoms with Crippen LogP contribution in [0, 0.1) is 18.3 Å². The predicted molar refractivity (Wildman–Crippen MR) is 140 cm³/mol. The Morgan fingerprint density at radius 1 is 1.10 bits per heavy atom. The highest BCUT2D eigenvalue weighted by Crippen LogP contribution is 2.38. The van der Waals surface area contributed by atoms with Gasteiger partial charge in [0.25, 0.3) is 0 Å². The zero-order valence-corrected chi connectivity index (χ0v) is 22.8. The molecular weight excluding hydrogens is 525 g/mol. The van der Waals surface area contributed by atoms with Gasteiger partial charge in [0, 0.05) is 30.4 Å². The second-order valence-electron chi connectivity index (χ2n) is 8.97. The van der Waals surface area contributed by atoms with Crippen molar-refractivity contribution in [3.63, 3.8) is 0 Å². The minimum Gasteiger partial charge on any atom is -0.494 e. The van der Waals surface area contributed by atoms with Gasteiger partial charge in [-0.25, -0.2) is 22.8 Å². The second kappa shape index (κ2) is 10.7. The van der Waals surface area contributed by atoms with Gasteiger partial charge in [0.15, 0.2) is 33.0 Å². The van der Waals surface area contributed by atoms with E-state index in [1.807, 2.05) is 19.1 Å². The number of aromatic nitrogens is 6. The molecule has 0 aliphatic carbocycles. The van der Waals surface area contributed by atoms with E-state index in [1.54, 1.807) is 30.6 Å². The van der Waals surface area contributed by atoms with E-state index in [4.69, 9.17) is 14.7 Å². The number of pyridine rings is 1. The Bertz CT molecular complexity index is 1630. The number of nitrogens with zero attached hydrogens (tertiary/aromatic N) is 7. The van der Waals surface area contributed by atoms with Gasteiger partial charge in [-0.05, 0) is 44.5 Å². The Kier molecular flexibility index (Phi) is 7.60. The molecule has 0 spiro atoms. The highest BCUT2D eigenvalue weighted by molar-refractivity contribution is 7.91. The van der Waals surface area contributed by atoms with E-state index < -0.39 is 26.5 Å². The number of rotatable bonds is 9. The Labute approximate surface area is 225 Å². The molecule has 0 N–H and O–H groups in total. The molecule has 11 nitrogen and oxygen atoms in total. The average molecular weight is 552 g/mol. The van der Waals surface area contributed by atoms with Gasteiger partial charge in [-0.2, -0.15) is 5.26 Å². The van der Waals surface area contributed by atoms with E-state index in [9.17, 15) is 8.42 Å². The predicted octanol–water partition coefficient (Wildman–Crippen LogP) is 3.50. The van der Waals surface area contributed by atoms with Gasteiger partial charge >= 0.3 is 0 Å². The van der Waals surface area contributed by atoms with E-state index in [0.717, 1.165) is 24.9 Å². The molecule has 0 saturated carbocycles. The van der Waals surface area contributed by atoms with Crippen molar-refractivity contribution in [3.8, 4) is 34.6 Å². The summed E-state index contributed by atoms with van der Waals surface area (Å²) >= 11 is 0. The van der Waals surface area contributed by atoms with E-state index in [1.165, 1.54) is 25.7 Å². The number of hydrogen-bond acceptors (Lipinski definition) is 10. The van der Waals surface area contributed by atoms with Crippen molar-refractivity contribution in [2.24, 2.45) is 0 Å². The maximum Gasteiger partial charge on any atom is 0.183 e. The quantitative estimate of drug-likeness (QED) is 0.303. The molecule has 0 unspecified atom stereocenters. The van der Waals surface area contributed by atoms with Gasteiger partial charge in [-0.15, -0.1) is 10.2 Å². The van der Waals surface area contributed by atoms with Gasteiger partial charge in [-0.3, -0.25) is 9.55 Å². The maximum absolute atomic E-state index is 15.9. The highest BCUT2D eigenvalue weighted by Gasteiger charge is 2.44. The van der Waals surface area contributed by atoms with Crippen molar-refractivity contribution in [1.82, 2.24) is 29.7 Å². The second-order valence-corrected chi connectivity index (χ2v) is 11.3. The fourth-order valence-corrected chi connectivity index (χ4v) is 5.60. The number of alkyl halides is 1. The van der Waals surface area contributed by atoms with Crippen LogP contribution in [0.15, 0.2) is 49.1 Å². The van der Waals surface area contributed by atoms with Gasteiger partial charge in [-0.1, -0.05) is 6.07 Å². The van der Waals surface area contributed by atoms with Gasteiger partial charge < -0.3 is 9.47 Å². The summed E-state index contributed by atoms with van der Waals surface area (Å²) in [5.41, 5.74) is -0.536. The van der Waals surface area contributed by atoms with Crippen molar-refractivity contribution in [3.05, 3.63) is 71.8 Å². The first kappa shape index (κ1) is 27.6. The van der Waals surface area contributed by atoms with E-state index >= 15 is 4.39 Å².